The third-order valence-electron chi connectivity index (χ3n) is 9.06. The molecule has 0 aromatic heterocycles. The molecule has 3 fully saturated rings. The van der Waals surface area contributed by atoms with Gasteiger partial charge in [-0.05, 0) is 61.1 Å². The summed E-state index contributed by atoms with van der Waals surface area (Å²) in [5.41, 5.74) is 0.225. The van der Waals surface area contributed by atoms with Crippen LogP contribution < -0.4 is 14.9 Å². The third-order valence-corrected chi connectivity index (χ3v) is 11.5. The van der Waals surface area contributed by atoms with Gasteiger partial charge in [0.2, 0.25) is 21.8 Å². The summed E-state index contributed by atoms with van der Waals surface area (Å²) in [6.45, 7) is 1.08. The van der Waals surface area contributed by atoms with Crippen molar-refractivity contribution < 1.29 is 37.1 Å². The maximum atomic E-state index is 13.9. The van der Waals surface area contributed by atoms with Crippen LogP contribution in [0.1, 0.15) is 49.7 Å². The average molecular weight is 685 g/mol. The van der Waals surface area contributed by atoms with Gasteiger partial charge in [0.25, 0.3) is 5.91 Å². The van der Waals surface area contributed by atoms with Crippen molar-refractivity contribution in [3.05, 3.63) is 46.5 Å². The van der Waals surface area contributed by atoms with Crippen LogP contribution in [-0.2, 0) is 47.0 Å². The molecule has 6 rings (SSSR count). The summed E-state index contributed by atoms with van der Waals surface area (Å²) in [5, 5.41) is 2.69. The Morgan fingerprint density at radius 1 is 1.16 bits per heavy atom. The van der Waals surface area contributed by atoms with Crippen molar-refractivity contribution in [1.29, 1.82) is 0 Å². The molecule has 244 valence electrons. The van der Waals surface area contributed by atoms with Gasteiger partial charge in [0, 0.05) is 30.5 Å². The van der Waals surface area contributed by atoms with Crippen LogP contribution in [-0.4, -0.2) is 90.8 Å². The van der Waals surface area contributed by atoms with Crippen LogP contribution in [0.4, 0.5) is 4.79 Å². The van der Waals surface area contributed by atoms with Crippen LogP contribution in [0.5, 0.6) is 0 Å². The van der Waals surface area contributed by atoms with Crippen molar-refractivity contribution >= 4 is 57.2 Å². The van der Waals surface area contributed by atoms with Crippen LogP contribution in [0.2, 0.25) is 5.02 Å². The summed E-state index contributed by atoms with van der Waals surface area (Å²) in [6, 6.07) is 3.49. The summed E-state index contributed by atoms with van der Waals surface area (Å²) >= 11 is 12.3. The Kier molecular flexibility index (Phi) is 9.05. The van der Waals surface area contributed by atoms with Gasteiger partial charge in [-0.25, -0.2) is 18.0 Å². The second kappa shape index (κ2) is 12.7. The Hall–Kier alpha value is -2.91. The van der Waals surface area contributed by atoms with Crippen LogP contribution >= 0.6 is 23.4 Å². The number of hydrogen-bond donors (Lipinski definition) is 3. The number of halogens is 2. The van der Waals surface area contributed by atoms with E-state index in [1.165, 1.54) is 9.80 Å². The van der Waals surface area contributed by atoms with E-state index in [4.69, 9.17) is 32.9 Å². The molecule has 1 saturated heterocycles. The molecule has 45 heavy (non-hydrogen) atoms. The first-order valence-corrected chi connectivity index (χ1v) is 17.3. The molecule has 13 nitrogen and oxygen atoms in total. The minimum Gasteiger partial charge on any atom is -0.444 e. The van der Waals surface area contributed by atoms with E-state index < -0.39 is 68.7 Å². The Balaban J connectivity index is 1.22. The van der Waals surface area contributed by atoms with Gasteiger partial charge in [0.1, 0.15) is 23.7 Å². The number of fused-ring (bicyclic) bond motifs is 3. The van der Waals surface area contributed by atoms with E-state index in [9.17, 15) is 27.6 Å². The van der Waals surface area contributed by atoms with Crippen molar-refractivity contribution in [3.8, 4) is 0 Å². The highest BCUT2D eigenvalue weighted by atomic mass is 35.5. The Labute approximate surface area is 271 Å². The van der Waals surface area contributed by atoms with Crippen molar-refractivity contribution in [2.75, 3.05) is 19.8 Å². The lowest BCUT2D eigenvalue weighted by Gasteiger charge is -2.29. The fraction of sp³-hybridized carbons (Fsp3) is 0.586. The minimum atomic E-state index is -3.88. The predicted molar refractivity (Wildman–Crippen MR) is 162 cm³/mol. The maximum absolute atomic E-state index is 13.9. The van der Waals surface area contributed by atoms with Crippen molar-refractivity contribution in [2.24, 2.45) is 5.92 Å². The molecule has 2 aliphatic carbocycles. The molecule has 0 bridgehead atoms. The van der Waals surface area contributed by atoms with Crippen LogP contribution in [0.25, 0.3) is 0 Å². The zero-order valence-electron chi connectivity index (χ0n) is 24.4. The standard InChI is InChI=1S/C29H35Cl2N5O8S/c30-22-6-1-4-17-14-35(16-21(17)22)28(40)44-19-12-24-25(37)32-29(27(39)34-45(41,42)20-8-9-20)13-18(29)5-2-10-43-11-3-7-23(33-31)26(38)36(24)15-19/h1-2,4-6,18-20,23-24,33H,3,7-16H2,(H,32,37)(H,34,39)/b5-2-/t18-,19-,23+,24+,29-/m1/s1. The van der Waals surface area contributed by atoms with Gasteiger partial charge in [-0.15, -0.1) is 0 Å². The second-order valence-corrected chi connectivity index (χ2v) is 14.8. The van der Waals surface area contributed by atoms with E-state index >= 15 is 0 Å². The first-order chi connectivity index (χ1) is 21.5. The summed E-state index contributed by atoms with van der Waals surface area (Å²) in [6.07, 6.45) is 3.92. The van der Waals surface area contributed by atoms with Crippen molar-refractivity contribution in [1.82, 2.24) is 24.7 Å². The van der Waals surface area contributed by atoms with E-state index in [1.807, 2.05) is 12.1 Å². The van der Waals surface area contributed by atoms with E-state index in [0.29, 0.717) is 43.9 Å². The number of amides is 4. The molecule has 0 spiro atoms. The average Bonchev–Trinajstić information content (AvgIpc) is 3.88. The predicted octanol–water partition coefficient (Wildman–Crippen LogP) is 1.72. The van der Waals surface area contributed by atoms with E-state index in [1.54, 1.807) is 18.2 Å². The number of carbonyl (C=O) groups is 4. The SMILES string of the molecule is O=C1N[C@]2(C(=O)NS(=O)(=O)C3CC3)C[C@H]2/C=C\COCCC[C@H](NCl)C(=O)N2C[C@H](OC(=O)N3Cc4cccc(Cl)c4C3)C[C@@H]12. The number of carbonyl (C=O) groups excluding carboxylic acids is 4. The van der Waals surface area contributed by atoms with Gasteiger partial charge >= 0.3 is 6.09 Å². The zero-order chi connectivity index (χ0) is 31.9. The first-order valence-electron chi connectivity index (χ1n) is 15.0. The molecule has 0 radical (unpaired) electrons. The van der Waals surface area contributed by atoms with Crippen molar-refractivity contribution in [2.45, 2.75) is 80.6 Å². The smallest absolute Gasteiger partial charge is 0.410 e. The third kappa shape index (κ3) is 6.66. The van der Waals surface area contributed by atoms with E-state index in [0.717, 1.165) is 11.1 Å². The van der Waals surface area contributed by atoms with Gasteiger partial charge in [-0.1, -0.05) is 35.9 Å². The summed E-state index contributed by atoms with van der Waals surface area (Å²) < 4.78 is 38.8. The second-order valence-electron chi connectivity index (χ2n) is 12.2. The number of nitrogens with one attached hydrogen (secondary N) is 3. The Morgan fingerprint density at radius 2 is 1.96 bits per heavy atom. The zero-order valence-corrected chi connectivity index (χ0v) is 26.7. The van der Waals surface area contributed by atoms with Gasteiger partial charge in [0.15, 0.2) is 0 Å². The van der Waals surface area contributed by atoms with Crippen LogP contribution in [0.3, 0.4) is 0 Å². The largest absolute Gasteiger partial charge is 0.444 e. The molecule has 5 aliphatic rings. The molecular weight excluding hydrogens is 649 g/mol. The molecule has 4 amide bonds. The number of sulfonamides is 1. The Bertz CT molecular complexity index is 1520. The molecule has 5 atom stereocenters. The Morgan fingerprint density at radius 3 is 2.69 bits per heavy atom. The highest BCUT2D eigenvalue weighted by Crippen LogP contribution is 2.46. The lowest BCUT2D eigenvalue weighted by atomic mass is 10.1. The number of hydrogen-bond acceptors (Lipinski definition) is 9. The molecule has 3 heterocycles. The molecule has 2 saturated carbocycles. The molecular formula is C29H35Cl2N5O8S. The highest BCUT2D eigenvalue weighted by Gasteiger charge is 2.62. The topological polar surface area (TPSA) is 163 Å². The highest BCUT2D eigenvalue weighted by molar-refractivity contribution is 7.91. The van der Waals surface area contributed by atoms with Gasteiger partial charge in [-0.3, -0.25) is 24.0 Å². The van der Waals surface area contributed by atoms with Crippen molar-refractivity contribution in [3.63, 3.8) is 0 Å². The number of benzene rings is 1. The molecule has 3 aliphatic heterocycles. The summed E-state index contributed by atoms with van der Waals surface area (Å²) in [5.74, 6) is -2.44. The van der Waals surface area contributed by atoms with E-state index in [-0.39, 0.29) is 32.5 Å². The monoisotopic (exact) mass is 683 g/mol. The molecule has 1 aromatic rings. The number of nitrogens with zero attached hydrogens (tertiary/aromatic N) is 2. The lowest BCUT2D eigenvalue weighted by Crippen LogP contribution is -2.57. The van der Waals surface area contributed by atoms with Gasteiger partial charge in [0.05, 0.1) is 24.9 Å². The number of rotatable bonds is 5. The van der Waals surface area contributed by atoms with Crippen LogP contribution in [0, 0.1) is 5.92 Å². The molecule has 1 aromatic carbocycles. The first kappa shape index (κ1) is 32.0. The van der Waals surface area contributed by atoms with Crippen LogP contribution in [0.15, 0.2) is 30.4 Å². The quantitative estimate of drug-likeness (QED) is 0.310. The minimum absolute atomic E-state index is 0.0262. The molecule has 3 N–H and O–H groups in total. The van der Waals surface area contributed by atoms with E-state index in [2.05, 4.69) is 14.9 Å². The normalized spacial score (nSPS) is 31.1. The van der Waals surface area contributed by atoms with Gasteiger partial charge < -0.3 is 19.7 Å². The molecule has 0 unspecified atom stereocenters. The summed E-state index contributed by atoms with van der Waals surface area (Å²) in [4.78, 5) is 59.5. The molecule has 16 heteroatoms. The lowest BCUT2D eigenvalue weighted by molar-refractivity contribution is -0.141. The fourth-order valence-electron chi connectivity index (χ4n) is 6.25. The van der Waals surface area contributed by atoms with Gasteiger partial charge in [-0.2, -0.15) is 0 Å². The fourth-order valence-corrected chi connectivity index (χ4v) is 8.07. The maximum Gasteiger partial charge on any atom is 0.410 e. The number of ether oxygens (including phenoxy) is 2. The summed E-state index contributed by atoms with van der Waals surface area (Å²) in [7, 11) is -3.88.